The minimum atomic E-state index is 0. The number of nitrogens with two attached hydrogens (primary N) is 1. The van der Waals surface area contributed by atoms with Crippen molar-refractivity contribution in [3.8, 4) is 10.6 Å². The van der Waals surface area contributed by atoms with Crippen LogP contribution in [0.4, 0.5) is 11.4 Å². The highest BCUT2D eigenvalue weighted by molar-refractivity contribution is 7.99. The Hall–Kier alpha value is -1.96. The molecule has 8 heteroatoms. The van der Waals surface area contributed by atoms with Crippen LogP contribution in [0.5, 0.6) is 0 Å². The largest absolute Gasteiger partial charge is 0.398 e. The first-order chi connectivity index (χ1) is 12.7. The van der Waals surface area contributed by atoms with Gasteiger partial charge in [0.15, 0.2) is 5.76 Å². The van der Waals surface area contributed by atoms with E-state index in [0.29, 0.717) is 11.5 Å². The number of nitrogen functional groups attached to an aromatic ring is 1. The van der Waals surface area contributed by atoms with E-state index < -0.39 is 0 Å². The average molecular weight is 422 g/mol. The highest BCUT2D eigenvalue weighted by atomic mass is 35.5. The van der Waals surface area contributed by atoms with Crippen molar-refractivity contribution in [3.05, 3.63) is 53.0 Å². The zero-order valence-electron chi connectivity index (χ0n) is 14.6. The fourth-order valence-electron chi connectivity index (χ4n) is 3.15. The van der Waals surface area contributed by atoms with Gasteiger partial charge >= 0.3 is 0 Å². The lowest BCUT2D eigenvalue weighted by Crippen LogP contribution is -2.37. The number of anilines is 2. The van der Waals surface area contributed by atoms with E-state index in [4.69, 9.17) is 10.3 Å². The Morgan fingerprint density at radius 2 is 2.22 bits per heavy atom. The summed E-state index contributed by atoms with van der Waals surface area (Å²) in [6.07, 6.45) is 1.88. The van der Waals surface area contributed by atoms with Crippen LogP contribution in [0.1, 0.15) is 17.7 Å². The normalized spacial score (nSPS) is 13.1. The fourth-order valence-corrected chi connectivity index (χ4v) is 4.60. The standard InChI is InChI=1S/C19H19N3O2S2.ClH/c20-15-5-1-6-16-14(15)4-2-8-22(16)19(23)12-25-11-13-10-17(24-21-13)18-7-3-9-26-18;/h1,3,5-7,9-10H,2,4,8,11-12,20H2;1H. The number of hydrogen-bond acceptors (Lipinski definition) is 6. The van der Waals surface area contributed by atoms with Crippen molar-refractivity contribution in [2.45, 2.75) is 18.6 Å². The topological polar surface area (TPSA) is 72.4 Å². The Morgan fingerprint density at radius 1 is 1.33 bits per heavy atom. The van der Waals surface area contributed by atoms with Crippen molar-refractivity contribution in [3.63, 3.8) is 0 Å². The Kier molecular flexibility index (Phi) is 6.46. The predicted molar refractivity (Wildman–Crippen MR) is 115 cm³/mol. The van der Waals surface area contributed by atoms with Crippen molar-refractivity contribution >= 4 is 52.8 Å². The van der Waals surface area contributed by atoms with Crippen LogP contribution in [0, 0.1) is 0 Å². The minimum absolute atomic E-state index is 0. The molecule has 5 nitrogen and oxygen atoms in total. The Labute approximate surface area is 172 Å². The molecule has 0 aliphatic carbocycles. The molecule has 1 amide bonds. The molecule has 0 unspecified atom stereocenters. The predicted octanol–water partition coefficient (Wildman–Crippen LogP) is 4.62. The number of thioether (sulfide) groups is 1. The summed E-state index contributed by atoms with van der Waals surface area (Å²) in [5.74, 6) is 1.96. The monoisotopic (exact) mass is 421 g/mol. The van der Waals surface area contributed by atoms with Gasteiger partial charge in [-0.1, -0.05) is 17.3 Å². The number of carbonyl (C=O) groups is 1. The molecule has 2 N–H and O–H groups in total. The highest BCUT2D eigenvalue weighted by Crippen LogP contribution is 2.32. The number of carbonyl (C=O) groups excluding carboxylic acids is 1. The molecule has 0 atom stereocenters. The molecular weight excluding hydrogens is 402 g/mol. The van der Waals surface area contributed by atoms with Crippen molar-refractivity contribution in [1.29, 1.82) is 0 Å². The van der Waals surface area contributed by atoms with E-state index in [1.54, 1.807) is 23.1 Å². The number of nitrogens with zero attached hydrogens (tertiary/aromatic N) is 2. The molecule has 27 heavy (non-hydrogen) atoms. The smallest absolute Gasteiger partial charge is 0.236 e. The quantitative estimate of drug-likeness (QED) is 0.608. The fraction of sp³-hybridized carbons (Fsp3) is 0.263. The zero-order valence-corrected chi connectivity index (χ0v) is 17.0. The summed E-state index contributed by atoms with van der Waals surface area (Å²) in [6, 6.07) is 11.7. The summed E-state index contributed by atoms with van der Waals surface area (Å²) in [4.78, 5) is 15.6. The number of hydrogen-bond donors (Lipinski definition) is 1. The third kappa shape index (κ3) is 4.31. The summed E-state index contributed by atoms with van der Waals surface area (Å²) in [6.45, 7) is 0.752. The van der Waals surface area contributed by atoms with E-state index in [9.17, 15) is 4.79 Å². The molecule has 3 heterocycles. The Bertz CT molecular complexity index is 912. The summed E-state index contributed by atoms with van der Waals surface area (Å²) >= 11 is 3.18. The molecule has 0 saturated heterocycles. The van der Waals surface area contributed by atoms with E-state index >= 15 is 0 Å². The zero-order chi connectivity index (χ0) is 17.9. The van der Waals surface area contributed by atoms with Crippen molar-refractivity contribution < 1.29 is 9.32 Å². The number of fused-ring (bicyclic) bond motifs is 1. The minimum Gasteiger partial charge on any atom is -0.398 e. The van der Waals surface area contributed by atoms with Crippen molar-refractivity contribution in [2.75, 3.05) is 22.9 Å². The molecule has 0 spiro atoms. The molecule has 0 saturated carbocycles. The summed E-state index contributed by atoms with van der Waals surface area (Å²) in [5, 5.41) is 6.11. The second kappa shape index (κ2) is 8.82. The number of thiophene rings is 1. The van der Waals surface area contributed by atoms with Crippen LogP contribution >= 0.6 is 35.5 Å². The lowest BCUT2D eigenvalue weighted by molar-refractivity contribution is -0.116. The van der Waals surface area contributed by atoms with Crippen LogP contribution in [-0.4, -0.2) is 23.4 Å². The SMILES string of the molecule is Cl.Nc1cccc2c1CCCN2C(=O)CSCc1cc(-c2cccs2)on1. The molecule has 4 rings (SSSR count). The lowest BCUT2D eigenvalue weighted by Gasteiger charge is -2.30. The summed E-state index contributed by atoms with van der Waals surface area (Å²) in [7, 11) is 0. The number of halogens is 1. The third-order valence-electron chi connectivity index (χ3n) is 4.39. The van der Waals surface area contributed by atoms with Gasteiger partial charge in [-0.15, -0.1) is 35.5 Å². The van der Waals surface area contributed by atoms with Crippen LogP contribution in [0.25, 0.3) is 10.6 Å². The van der Waals surface area contributed by atoms with Gasteiger partial charge in [-0.2, -0.15) is 0 Å². The van der Waals surface area contributed by atoms with Crippen molar-refractivity contribution in [1.82, 2.24) is 5.16 Å². The maximum absolute atomic E-state index is 12.7. The molecule has 142 valence electrons. The second-order valence-electron chi connectivity index (χ2n) is 6.15. The first-order valence-electron chi connectivity index (χ1n) is 8.47. The van der Waals surface area contributed by atoms with Gasteiger partial charge in [0.2, 0.25) is 5.91 Å². The van der Waals surface area contributed by atoms with E-state index in [2.05, 4.69) is 5.16 Å². The lowest BCUT2D eigenvalue weighted by atomic mass is 10.00. The molecule has 1 aliphatic rings. The number of rotatable bonds is 5. The first kappa shape index (κ1) is 19.8. The second-order valence-corrected chi connectivity index (χ2v) is 8.08. The molecule has 0 fully saturated rings. The van der Waals surface area contributed by atoms with E-state index in [-0.39, 0.29) is 18.3 Å². The number of aromatic nitrogens is 1. The molecule has 2 aromatic heterocycles. The van der Waals surface area contributed by atoms with Gasteiger partial charge in [0.25, 0.3) is 0 Å². The highest BCUT2D eigenvalue weighted by Gasteiger charge is 2.23. The molecule has 3 aromatic rings. The number of benzene rings is 1. The van der Waals surface area contributed by atoms with Crippen LogP contribution in [0.15, 0.2) is 46.3 Å². The van der Waals surface area contributed by atoms with Gasteiger partial charge in [0, 0.05) is 29.7 Å². The van der Waals surface area contributed by atoms with E-state index in [1.165, 1.54) is 0 Å². The summed E-state index contributed by atoms with van der Waals surface area (Å²) < 4.78 is 5.38. The van der Waals surface area contributed by atoms with Crippen LogP contribution in [0.3, 0.4) is 0 Å². The van der Waals surface area contributed by atoms with E-state index in [0.717, 1.165) is 52.7 Å². The van der Waals surface area contributed by atoms with Crippen LogP contribution in [0.2, 0.25) is 0 Å². The summed E-state index contributed by atoms with van der Waals surface area (Å²) in [5.41, 5.74) is 9.74. The van der Waals surface area contributed by atoms with Gasteiger partial charge in [0.05, 0.1) is 16.3 Å². The van der Waals surface area contributed by atoms with E-state index in [1.807, 2.05) is 46.7 Å². The van der Waals surface area contributed by atoms with Gasteiger partial charge < -0.3 is 15.2 Å². The first-order valence-corrected chi connectivity index (χ1v) is 10.5. The maximum Gasteiger partial charge on any atom is 0.236 e. The molecule has 1 aliphatic heterocycles. The third-order valence-corrected chi connectivity index (χ3v) is 6.22. The number of amides is 1. The molecule has 0 bridgehead atoms. The van der Waals surface area contributed by atoms with Crippen molar-refractivity contribution in [2.24, 2.45) is 0 Å². The molecular formula is C19H20ClN3O2S2. The molecule has 0 radical (unpaired) electrons. The van der Waals surface area contributed by atoms with Gasteiger partial charge in [-0.3, -0.25) is 4.79 Å². The Balaban J connectivity index is 0.00000210. The average Bonchev–Trinajstić information content (AvgIpc) is 3.33. The van der Waals surface area contributed by atoms with Crippen LogP contribution in [-0.2, 0) is 17.0 Å². The maximum atomic E-state index is 12.7. The van der Waals surface area contributed by atoms with Gasteiger partial charge in [-0.25, -0.2) is 0 Å². The van der Waals surface area contributed by atoms with Gasteiger partial charge in [-0.05, 0) is 42.0 Å². The molecule has 1 aromatic carbocycles. The van der Waals surface area contributed by atoms with Gasteiger partial charge in [0.1, 0.15) is 0 Å². The van der Waals surface area contributed by atoms with Crippen LogP contribution < -0.4 is 10.6 Å². The Morgan fingerprint density at radius 3 is 3.04 bits per heavy atom.